The minimum atomic E-state index is -0.796. The van der Waals surface area contributed by atoms with Crippen molar-refractivity contribution < 1.29 is 19.4 Å². The van der Waals surface area contributed by atoms with Crippen molar-refractivity contribution in [2.24, 2.45) is 0 Å². The molecular formula is C26H26Cl2N2O4. The first-order valence-electron chi connectivity index (χ1n) is 11.2. The van der Waals surface area contributed by atoms with Crippen molar-refractivity contribution in [1.82, 2.24) is 9.80 Å². The highest BCUT2D eigenvalue weighted by molar-refractivity contribution is 6.35. The van der Waals surface area contributed by atoms with Gasteiger partial charge in [0.1, 0.15) is 0 Å². The van der Waals surface area contributed by atoms with E-state index < -0.39 is 23.5 Å². The number of hydrogen-bond donors (Lipinski definition) is 1. The zero-order valence-corrected chi connectivity index (χ0v) is 20.1. The number of hydrogen-bond acceptors (Lipinski definition) is 5. The molecule has 8 heteroatoms. The Morgan fingerprint density at radius 3 is 2.53 bits per heavy atom. The van der Waals surface area contributed by atoms with Crippen molar-refractivity contribution in [2.75, 3.05) is 39.4 Å². The van der Waals surface area contributed by atoms with Crippen LogP contribution in [0, 0.1) is 0 Å². The number of nitrogens with zero attached hydrogens (tertiary/aromatic N) is 2. The summed E-state index contributed by atoms with van der Waals surface area (Å²) in [6.07, 6.45) is 3.72. The van der Waals surface area contributed by atoms with Crippen molar-refractivity contribution in [3.8, 4) is 0 Å². The summed E-state index contributed by atoms with van der Waals surface area (Å²) in [5, 5.41) is 11.5. The largest absolute Gasteiger partial charge is 0.503 e. The van der Waals surface area contributed by atoms with E-state index in [1.807, 2.05) is 30.3 Å². The lowest BCUT2D eigenvalue weighted by molar-refractivity contribution is -0.129. The third-order valence-corrected chi connectivity index (χ3v) is 6.59. The zero-order valence-electron chi connectivity index (χ0n) is 18.6. The van der Waals surface area contributed by atoms with Crippen LogP contribution < -0.4 is 0 Å². The van der Waals surface area contributed by atoms with E-state index in [0.717, 1.165) is 25.2 Å². The Bertz CT molecular complexity index is 1110. The summed E-state index contributed by atoms with van der Waals surface area (Å²) < 4.78 is 5.39. The number of amides is 1. The van der Waals surface area contributed by atoms with Gasteiger partial charge in [0.2, 0.25) is 0 Å². The number of ketones is 1. The molecule has 0 aromatic heterocycles. The normalized spacial score (nSPS) is 19.4. The molecule has 0 aliphatic carbocycles. The van der Waals surface area contributed by atoms with Crippen LogP contribution in [-0.2, 0) is 14.3 Å². The number of aliphatic hydroxyl groups is 1. The molecule has 6 nitrogen and oxygen atoms in total. The third-order valence-electron chi connectivity index (χ3n) is 6.03. The Kier molecular flexibility index (Phi) is 8.06. The number of ether oxygens (including phenoxy) is 1. The summed E-state index contributed by atoms with van der Waals surface area (Å²) in [6.45, 7) is 4.23. The molecule has 0 saturated carbocycles. The molecule has 1 fully saturated rings. The topological polar surface area (TPSA) is 70.1 Å². The lowest BCUT2D eigenvalue weighted by atomic mass is 9.95. The van der Waals surface area contributed by atoms with Gasteiger partial charge in [-0.05, 0) is 35.8 Å². The van der Waals surface area contributed by atoms with E-state index >= 15 is 0 Å². The van der Waals surface area contributed by atoms with Crippen LogP contribution in [0.1, 0.15) is 23.6 Å². The highest BCUT2D eigenvalue weighted by Crippen LogP contribution is 2.41. The molecule has 2 aliphatic heterocycles. The molecule has 1 unspecified atom stereocenters. The lowest BCUT2D eigenvalue weighted by Crippen LogP contribution is -2.39. The van der Waals surface area contributed by atoms with Crippen molar-refractivity contribution in [3.05, 3.63) is 87.1 Å². The number of allylic oxidation sites excluding steroid dienone is 1. The average Bonchev–Trinajstić information content (AvgIpc) is 3.09. The summed E-state index contributed by atoms with van der Waals surface area (Å²) in [5.41, 5.74) is 1.41. The van der Waals surface area contributed by atoms with Crippen LogP contribution >= 0.6 is 23.2 Å². The van der Waals surface area contributed by atoms with Gasteiger partial charge in [-0.15, -0.1) is 0 Å². The number of benzene rings is 2. The molecule has 34 heavy (non-hydrogen) atoms. The van der Waals surface area contributed by atoms with Crippen molar-refractivity contribution in [2.45, 2.75) is 12.5 Å². The van der Waals surface area contributed by atoms with E-state index in [1.54, 1.807) is 24.3 Å². The van der Waals surface area contributed by atoms with E-state index in [1.165, 1.54) is 11.0 Å². The minimum absolute atomic E-state index is 0.0211. The Morgan fingerprint density at radius 2 is 1.82 bits per heavy atom. The zero-order chi connectivity index (χ0) is 24.1. The number of carbonyl (C=O) groups excluding carboxylic acids is 2. The number of carbonyl (C=O) groups is 2. The van der Waals surface area contributed by atoms with Crippen LogP contribution in [0.25, 0.3) is 6.08 Å². The first kappa shape index (κ1) is 24.5. The summed E-state index contributed by atoms with van der Waals surface area (Å²) in [4.78, 5) is 30.1. The van der Waals surface area contributed by atoms with Crippen LogP contribution in [-0.4, -0.2) is 66.0 Å². The van der Waals surface area contributed by atoms with E-state index in [2.05, 4.69) is 4.90 Å². The number of rotatable bonds is 8. The number of aliphatic hydroxyl groups excluding tert-OH is 1. The molecule has 2 heterocycles. The van der Waals surface area contributed by atoms with Gasteiger partial charge in [0.05, 0.1) is 24.8 Å². The number of halogens is 2. The fraction of sp³-hybridized carbons (Fsp3) is 0.308. The molecule has 178 valence electrons. The van der Waals surface area contributed by atoms with Crippen LogP contribution in [0.15, 0.2) is 65.9 Å². The maximum absolute atomic E-state index is 13.2. The number of morpholine rings is 1. The molecule has 4 rings (SSSR count). The van der Waals surface area contributed by atoms with E-state index in [0.29, 0.717) is 41.8 Å². The highest BCUT2D eigenvalue weighted by Gasteiger charge is 2.43. The molecular weight excluding hydrogens is 475 g/mol. The van der Waals surface area contributed by atoms with Gasteiger partial charge in [0, 0.05) is 36.2 Å². The SMILES string of the molecule is O=C(/C=C/c1ccccc1)C1=C(O)C(=O)N(CCCN2CCOCC2)C1c1ccc(Cl)cc1Cl. The van der Waals surface area contributed by atoms with Gasteiger partial charge in [0.25, 0.3) is 5.91 Å². The van der Waals surface area contributed by atoms with Crippen molar-refractivity contribution in [3.63, 3.8) is 0 Å². The second-order valence-corrected chi connectivity index (χ2v) is 9.09. The molecule has 0 spiro atoms. The Hall–Kier alpha value is -2.64. The van der Waals surface area contributed by atoms with E-state index in [9.17, 15) is 14.7 Å². The predicted molar refractivity (Wildman–Crippen MR) is 133 cm³/mol. The second-order valence-electron chi connectivity index (χ2n) is 8.25. The minimum Gasteiger partial charge on any atom is -0.503 e. The molecule has 1 atom stereocenters. The first-order chi connectivity index (χ1) is 16.5. The lowest BCUT2D eigenvalue weighted by Gasteiger charge is -2.30. The Morgan fingerprint density at radius 1 is 1.09 bits per heavy atom. The summed E-state index contributed by atoms with van der Waals surface area (Å²) in [7, 11) is 0. The maximum atomic E-state index is 13.2. The molecule has 0 radical (unpaired) electrons. The molecule has 1 saturated heterocycles. The van der Waals surface area contributed by atoms with Gasteiger partial charge in [-0.2, -0.15) is 0 Å². The van der Waals surface area contributed by atoms with Crippen molar-refractivity contribution in [1.29, 1.82) is 0 Å². The quantitative estimate of drug-likeness (QED) is 0.532. The predicted octanol–water partition coefficient (Wildman–Crippen LogP) is 4.69. The molecule has 1 N–H and O–H groups in total. The van der Waals surface area contributed by atoms with Crippen LogP contribution in [0.5, 0.6) is 0 Å². The monoisotopic (exact) mass is 500 g/mol. The van der Waals surface area contributed by atoms with Crippen LogP contribution in [0.4, 0.5) is 0 Å². The van der Waals surface area contributed by atoms with Gasteiger partial charge in [-0.25, -0.2) is 0 Å². The second kappa shape index (κ2) is 11.2. The fourth-order valence-corrected chi connectivity index (χ4v) is 4.81. The smallest absolute Gasteiger partial charge is 0.290 e. The third kappa shape index (κ3) is 5.53. The van der Waals surface area contributed by atoms with Gasteiger partial charge in [-0.3, -0.25) is 14.5 Å². The van der Waals surface area contributed by atoms with Gasteiger partial charge in [-0.1, -0.05) is 65.7 Å². The maximum Gasteiger partial charge on any atom is 0.290 e. The van der Waals surface area contributed by atoms with Crippen LogP contribution in [0.3, 0.4) is 0 Å². The molecule has 1 amide bonds. The fourth-order valence-electron chi connectivity index (χ4n) is 4.30. The summed E-state index contributed by atoms with van der Waals surface area (Å²) in [6, 6.07) is 13.5. The van der Waals surface area contributed by atoms with E-state index in [4.69, 9.17) is 27.9 Å². The van der Waals surface area contributed by atoms with E-state index in [-0.39, 0.29) is 5.57 Å². The van der Waals surface area contributed by atoms with Gasteiger partial charge in [0.15, 0.2) is 11.5 Å². The molecule has 2 aromatic rings. The standard InChI is InChI=1S/C26H26Cl2N2O4/c27-19-8-9-20(21(28)17-19)24-23(22(31)10-7-18-5-2-1-3-6-18)25(32)26(33)30(24)12-4-11-29-13-15-34-16-14-29/h1-3,5-10,17,24,32H,4,11-16H2/b10-7+. The van der Waals surface area contributed by atoms with Crippen molar-refractivity contribution >= 4 is 41.0 Å². The molecule has 0 bridgehead atoms. The van der Waals surface area contributed by atoms with Gasteiger partial charge >= 0.3 is 0 Å². The summed E-state index contributed by atoms with van der Waals surface area (Å²) >= 11 is 12.6. The Labute approximate surface area is 209 Å². The van der Waals surface area contributed by atoms with Gasteiger partial charge < -0.3 is 14.7 Å². The first-order valence-corrected chi connectivity index (χ1v) is 12.0. The Balaban J connectivity index is 1.60. The highest BCUT2D eigenvalue weighted by atomic mass is 35.5. The average molecular weight is 501 g/mol. The van der Waals surface area contributed by atoms with Crippen LogP contribution in [0.2, 0.25) is 10.0 Å². The summed E-state index contributed by atoms with van der Waals surface area (Å²) in [5.74, 6) is -1.55. The molecule has 2 aliphatic rings. The molecule has 2 aromatic carbocycles.